The van der Waals surface area contributed by atoms with Gasteiger partial charge < -0.3 is 24.8 Å². The monoisotopic (exact) mass is 574 g/mol. The van der Waals surface area contributed by atoms with Crippen LogP contribution < -0.4 is 15.0 Å². The molecule has 0 spiro atoms. The average molecular weight is 575 g/mol. The Balaban J connectivity index is 1.13. The van der Waals surface area contributed by atoms with Crippen LogP contribution in [-0.4, -0.2) is 59.8 Å². The van der Waals surface area contributed by atoms with E-state index in [1.807, 2.05) is 6.07 Å². The number of nitrogens with zero attached hydrogens (tertiary/aromatic N) is 3. The number of carboxylic acids is 1. The van der Waals surface area contributed by atoms with Gasteiger partial charge in [-0.3, -0.25) is 4.98 Å². The van der Waals surface area contributed by atoms with Gasteiger partial charge in [0, 0.05) is 54.8 Å². The molecule has 12 heteroatoms. The standard InChI is InChI=1S/C28H26ClF3N4O4/c29-23-12-17(2-5-25(23)40-28(30,31)32)14-33-8-1-11-39-19-7-10-36(16-19)26-21-6-9-34-15-22(21)20-4-3-18(27(37)38)13-24(20)35-26/h2-6,9,12-13,15,19,33H,1,7-8,10-11,14,16H2,(H,37,38)/t19-/m0/s1. The zero-order chi connectivity index (χ0) is 28.3. The lowest BCUT2D eigenvalue weighted by Crippen LogP contribution is -2.25. The SMILES string of the molecule is O=C(O)c1ccc2c(c1)nc(N1CC[C@H](OCCCNCc3ccc(OC(F)(F)F)c(Cl)c3)C1)c1ccncc12. The summed E-state index contributed by atoms with van der Waals surface area (Å²) in [5, 5.41) is 15.3. The molecule has 1 aliphatic rings. The fraction of sp³-hybridized carbons (Fsp3) is 0.321. The minimum absolute atomic E-state index is 0.0275. The highest BCUT2D eigenvalue weighted by Crippen LogP contribution is 2.34. The van der Waals surface area contributed by atoms with Gasteiger partial charge in [0.15, 0.2) is 0 Å². The number of carboxylic acid groups (broad SMARTS) is 1. The van der Waals surface area contributed by atoms with Gasteiger partial charge in [0.2, 0.25) is 0 Å². The summed E-state index contributed by atoms with van der Waals surface area (Å²) in [6.45, 7) is 3.06. The van der Waals surface area contributed by atoms with Gasteiger partial charge in [-0.15, -0.1) is 13.2 Å². The molecule has 1 aliphatic heterocycles. The summed E-state index contributed by atoms with van der Waals surface area (Å²) < 4.78 is 47.1. The number of halogens is 4. The van der Waals surface area contributed by atoms with Crippen LogP contribution in [0.1, 0.15) is 28.8 Å². The number of anilines is 1. The maximum atomic E-state index is 12.4. The number of hydrogen-bond acceptors (Lipinski definition) is 7. The van der Waals surface area contributed by atoms with Crippen molar-refractivity contribution in [1.82, 2.24) is 15.3 Å². The Hall–Kier alpha value is -3.67. The molecule has 40 heavy (non-hydrogen) atoms. The Kier molecular flexibility index (Phi) is 8.24. The Labute approximate surface area is 232 Å². The molecule has 2 N–H and O–H groups in total. The van der Waals surface area contributed by atoms with Gasteiger partial charge in [0.05, 0.1) is 22.2 Å². The summed E-state index contributed by atoms with van der Waals surface area (Å²) in [6.07, 6.45) is 0.322. The van der Waals surface area contributed by atoms with E-state index in [1.165, 1.54) is 18.2 Å². The summed E-state index contributed by atoms with van der Waals surface area (Å²) in [4.78, 5) is 22.7. The molecule has 1 saturated heterocycles. The highest BCUT2D eigenvalue weighted by atomic mass is 35.5. The Morgan fingerprint density at radius 2 is 2.00 bits per heavy atom. The van der Waals surface area contributed by atoms with Crippen LogP contribution in [0.4, 0.5) is 19.0 Å². The maximum absolute atomic E-state index is 12.4. The summed E-state index contributed by atoms with van der Waals surface area (Å²) in [5.74, 6) is -0.645. The van der Waals surface area contributed by atoms with E-state index in [4.69, 9.17) is 21.3 Å². The van der Waals surface area contributed by atoms with Crippen molar-refractivity contribution in [3.63, 3.8) is 0 Å². The van der Waals surface area contributed by atoms with E-state index in [0.29, 0.717) is 31.8 Å². The van der Waals surface area contributed by atoms with Crippen LogP contribution >= 0.6 is 11.6 Å². The van der Waals surface area contributed by atoms with E-state index in [-0.39, 0.29) is 16.7 Å². The number of fused-ring (bicyclic) bond motifs is 3. The molecule has 3 heterocycles. The smallest absolute Gasteiger partial charge is 0.478 e. The number of rotatable bonds is 10. The molecular weight excluding hydrogens is 549 g/mol. The number of nitrogens with one attached hydrogen (secondary N) is 1. The van der Waals surface area contributed by atoms with E-state index in [2.05, 4.69) is 19.9 Å². The van der Waals surface area contributed by atoms with Gasteiger partial charge in [0.25, 0.3) is 0 Å². The predicted octanol–water partition coefficient (Wildman–Crippen LogP) is 5.81. The summed E-state index contributed by atoms with van der Waals surface area (Å²) in [6, 6.07) is 11.0. The molecule has 210 valence electrons. The first kappa shape index (κ1) is 27.9. The van der Waals surface area contributed by atoms with Crippen LogP contribution in [-0.2, 0) is 11.3 Å². The van der Waals surface area contributed by atoms with Crippen LogP contribution in [0.25, 0.3) is 21.7 Å². The zero-order valence-electron chi connectivity index (χ0n) is 21.2. The number of ether oxygens (including phenoxy) is 2. The highest BCUT2D eigenvalue weighted by Gasteiger charge is 2.32. The van der Waals surface area contributed by atoms with Gasteiger partial charge >= 0.3 is 12.3 Å². The molecule has 0 aliphatic carbocycles. The third-order valence-electron chi connectivity index (χ3n) is 6.67. The normalized spacial score (nSPS) is 15.7. The number of hydrogen-bond donors (Lipinski definition) is 2. The van der Waals surface area contributed by atoms with Gasteiger partial charge in [-0.05, 0) is 55.3 Å². The molecule has 4 aromatic rings. The van der Waals surface area contributed by atoms with Crippen LogP contribution in [0.5, 0.6) is 5.75 Å². The van der Waals surface area contributed by atoms with E-state index >= 15 is 0 Å². The van der Waals surface area contributed by atoms with Crippen molar-refractivity contribution in [3.05, 3.63) is 71.0 Å². The molecule has 5 rings (SSSR count). The minimum Gasteiger partial charge on any atom is -0.478 e. The number of carbonyl (C=O) groups is 1. The molecule has 1 atom stereocenters. The first-order chi connectivity index (χ1) is 19.2. The zero-order valence-corrected chi connectivity index (χ0v) is 22.0. The predicted molar refractivity (Wildman–Crippen MR) is 145 cm³/mol. The molecule has 2 aromatic carbocycles. The maximum Gasteiger partial charge on any atom is 0.573 e. The quantitative estimate of drug-likeness (QED) is 0.181. The van der Waals surface area contributed by atoms with E-state index < -0.39 is 18.1 Å². The molecule has 8 nitrogen and oxygen atoms in total. The lowest BCUT2D eigenvalue weighted by Gasteiger charge is -2.20. The number of alkyl halides is 3. The summed E-state index contributed by atoms with van der Waals surface area (Å²) in [5.41, 5.74) is 1.53. The molecule has 0 saturated carbocycles. The van der Waals surface area contributed by atoms with E-state index in [1.54, 1.807) is 30.6 Å². The number of aromatic carboxylic acids is 1. The third kappa shape index (κ3) is 6.55. The third-order valence-corrected chi connectivity index (χ3v) is 6.97. The van der Waals surface area contributed by atoms with Gasteiger partial charge in [0.1, 0.15) is 11.6 Å². The second-order valence-corrected chi connectivity index (χ2v) is 9.87. The van der Waals surface area contributed by atoms with Crippen LogP contribution in [0.2, 0.25) is 5.02 Å². The van der Waals surface area contributed by atoms with Crippen molar-refractivity contribution < 1.29 is 32.5 Å². The van der Waals surface area contributed by atoms with E-state index in [0.717, 1.165) is 46.9 Å². The van der Waals surface area contributed by atoms with Crippen molar-refractivity contribution in [3.8, 4) is 5.75 Å². The van der Waals surface area contributed by atoms with E-state index in [9.17, 15) is 23.1 Å². The number of benzene rings is 2. The molecule has 1 fully saturated rings. The van der Waals surface area contributed by atoms with Crippen molar-refractivity contribution in [1.29, 1.82) is 0 Å². The van der Waals surface area contributed by atoms with Gasteiger partial charge in [-0.1, -0.05) is 23.7 Å². The molecule has 0 unspecified atom stereocenters. The summed E-state index contributed by atoms with van der Waals surface area (Å²) in [7, 11) is 0. The van der Waals surface area contributed by atoms with Crippen molar-refractivity contribution in [2.24, 2.45) is 0 Å². The lowest BCUT2D eigenvalue weighted by molar-refractivity contribution is -0.274. The number of aromatic nitrogens is 2. The summed E-state index contributed by atoms with van der Waals surface area (Å²) >= 11 is 5.90. The lowest BCUT2D eigenvalue weighted by atomic mass is 10.1. The molecule has 2 aromatic heterocycles. The fourth-order valence-corrected chi connectivity index (χ4v) is 5.04. The Morgan fingerprint density at radius 1 is 1.15 bits per heavy atom. The van der Waals surface area contributed by atoms with Crippen LogP contribution in [0, 0.1) is 0 Å². The second-order valence-electron chi connectivity index (χ2n) is 9.46. The second kappa shape index (κ2) is 11.8. The van der Waals surface area contributed by atoms with Crippen LogP contribution in [0.3, 0.4) is 0 Å². The molecule has 0 amide bonds. The first-order valence-corrected chi connectivity index (χ1v) is 13.1. The van der Waals surface area contributed by atoms with Gasteiger partial charge in [-0.25, -0.2) is 9.78 Å². The van der Waals surface area contributed by atoms with Crippen LogP contribution in [0.15, 0.2) is 54.9 Å². The largest absolute Gasteiger partial charge is 0.573 e. The Morgan fingerprint density at radius 3 is 2.77 bits per heavy atom. The topological polar surface area (TPSA) is 96.8 Å². The van der Waals surface area contributed by atoms with Crippen molar-refractivity contribution in [2.75, 3.05) is 31.1 Å². The molecule has 0 radical (unpaired) electrons. The highest BCUT2D eigenvalue weighted by molar-refractivity contribution is 6.32. The average Bonchev–Trinajstić information content (AvgIpc) is 3.39. The van der Waals surface area contributed by atoms with Crippen molar-refractivity contribution in [2.45, 2.75) is 31.9 Å². The fourth-order valence-electron chi connectivity index (χ4n) is 4.80. The molecular formula is C28H26ClF3N4O4. The minimum atomic E-state index is -4.79. The number of pyridine rings is 2. The van der Waals surface area contributed by atoms with Gasteiger partial charge in [-0.2, -0.15) is 0 Å². The molecule has 0 bridgehead atoms. The first-order valence-electron chi connectivity index (χ1n) is 12.7. The Bertz CT molecular complexity index is 1540. The van der Waals surface area contributed by atoms with Crippen molar-refractivity contribution >= 4 is 45.1 Å².